The molecule has 0 saturated carbocycles. The first-order valence-electron chi connectivity index (χ1n) is 5.75. The normalized spacial score (nSPS) is 11.2. The summed E-state index contributed by atoms with van der Waals surface area (Å²) in [5.74, 6) is 0.494. The summed E-state index contributed by atoms with van der Waals surface area (Å²) in [6.07, 6.45) is 0. The molecule has 0 bridgehead atoms. The molecule has 21 heavy (non-hydrogen) atoms. The minimum atomic E-state index is -3.80. The molecule has 5 nitrogen and oxygen atoms in total. The van der Waals surface area contributed by atoms with Crippen LogP contribution in [0.25, 0.3) is 0 Å². The van der Waals surface area contributed by atoms with Crippen molar-refractivity contribution >= 4 is 53.3 Å². The number of hydrogen-bond acceptors (Lipinski definition) is 4. The second kappa shape index (κ2) is 6.25. The van der Waals surface area contributed by atoms with E-state index in [4.69, 9.17) is 10.5 Å². The molecular formula is C13H12Br2N2O3S. The highest BCUT2D eigenvalue weighted by Crippen LogP contribution is 2.33. The summed E-state index contributed by atoms with van der Waals surface area (Å²) in [6, 6.07) is 9.67. The maximum atomic E-state index is 12.5. The Bertz CT molecular complexity index is 759. The molecule has 2 aromatic carbocycles. The average molecular weight is 436 g/mol. The maximum Gasteiger partial charge on any atom is 0.264 e. The summed E-state index contributed by atoms with van der Waals surface area (Å²) >= 11 is 6.61. The zero-order chi connectivity index (χ0) is 15.6. The summed E-state index contributed by atoms with van der Waals surface area (Å²) in [6.45, 7) is 0. The van der Waals surface area contributed by atoms with Gasteiger partial charge in [0.05, 0.1) is 18.5 Å². The van der Waals surface area contributed by atoms with Crippen molar-refractivity contribution in [1.82, 2.24) is 0 Å². The Kier molecular flexibility index (Phi) is 4.80. The van der Waals surface area contributed by atoms with Crippen molar-refractivity contribution in [1.29, 1.82) is 0 Å². The monoisotopic (exact) mass is 434 g/mol. The van der Waals surface area contributed by atoms with Crippen molar-refractivity contribution in [2.24, 2.45) is 0 Å². The van der Waals surface area contributed by atoms with Crippen LogP contribution in [0.2, 0.25) is 0 Å². The molecule has 8 heteroatoms. The molecule has 0 spiro atoms. The number of methoxy groups -OCH3 is 1. The van der Waals surface area contributed by atoms with Gasteiger partial charge in [-0.25, -0.2) is 8.42 Å². The second-order valence-corrected chi connectivity index (χ2v) is 7.47. The smallest absolute Gasteiger partial charge is 0.264 e. The topological polar surface area (TPSA) is 81.4 Å². The highest BCUT2D eigenvalue weighted by molar-refractivity contribution is 9.11. The highest BCUT2D eigenvalue weighted by Gasteiger charge is 2.20. The van der Waals surface area contributed by atoms with Gasteiger partial charge in [0.1, 0.15) is 10.6 Å². The third-order valence-electron chi connectivity index (χ3n) is 2.71. The molecule has 2 rings (SSSR count). The zero-order valence-electron chi connectivity index (χ0n) is 10.9. The number of anilines is 2. The Balaban J connectivity index is 2.44. The fraction of sp³-hybridized carbons (Fsp3) is 0.0769. The fourth-order valence-electron chi connectivity index (χ4n) is 1.68. The van der Waals surface area contributed by atoms with Gasteiger partial charge in [-0.2, -0.15) is 0 Å². The van der Waals surface area contributed by atoms with E-state index in [2.05, 4.69) is 36.6 Å². The van der Waals surface area contributed by atoms with Crippen LogP contribution in [0.5, 0.6) is 5.75 Å². The van der Waals surface area contributed by atoms with Crippen molar-refractivity contribution in [3.63, 3.8) is 0 Å². The molecule has 2 aromatic rings. The summed E-state index contributed by atoms with van der Waals surface area (Å²) < 4.78 is 33.7. The first-order chi connectivity index (χ1) is 9.85. The zero-order valence-corrected chi connectivity index (χ0v) is 14.9. The largest absolute Gasteiger partial charge is 0.497 e. The van der Waals surface area contributed by atoms with Gasteiger partial charge in [0, 0.05) is 15.0 Å². The molecule has 0 radical (unpaired) electrons. The summed E-state index contributed by atoms with van der Waals surface area (Å²) in [7, 11) is -2.32. The number of sulfonamides is 1. The van der Waals surface area contributed by atoms with Gasteiger partial charge < -0.3 is 10.5 Å². The third kappa shape index (κ3) is 3.50. The van der Waals surface area contributed by atoms with Crippen LogP contribution < -0.4 is 15.2 Å². The molecule has 0 aliphatic rings. The van der Waals surface area contributed by atoms with Crippen LogP contribution in [-0.4, -0.2) is 15.5 Å². The van der Waals surface area contributed by atoms with Crippen LogP contribution in [0.4, 0.5) is 11.4 Å². The molecule has 112 valence electrons. The molecule has 0 heterocycles. The van der Waals surface area contributed by atoms with E-state index < -0.39 is 10.0 Å². The molecule has 0 aliphatic heterocycles. The molecule has 0 unspecified atom stereocenters. The quantitative estimate of drug-likeness (QED) is 0.718. The third-order valence-corrected chi connectivity index (χ3v) is 5.45. The van der Waals surface area contributed by atoms with Gasteiger partial charge in [-0.15, -0.1) is 0 Å². The number of nitrogens with two attached hydrogens (primary N) is 1. The molecule has 0 saturated heterocycles. The van der Waals surface area contributed by atoms with Crippen LogP contribution in [0.1, 0.15) is 0 Å². The fourth-order valence-corrected chi connectivity index (χ4v) is 4.36. The lowest BCUT2D eigenvalue weighted by molar-refractivity contribution is 0.414. The van der Waals surface area contributed by atoms with Gasteiger partial charge in [0.2, 0.25) is 0 Å². The van der Waals surface area contributed by atoms with E-state index in [0.29, 0.717) is 20.4 Å². The van der Waals surface area contributed by atoms with Crippen molar-refractivity contribution in [3.8, 4) is 5.75 Å². The number of rotatable bonds is 4. The van der Waals surface area contributed by atoms with Crippen molar-refractivity contribution in [2.75, 3.05) is 17.6 Å². The Morgan fingerprint density at radius 1 is 1.14 bits per heavy atom. The predicted molar refractivity (Wildman–Crippen MR) is 90.1 cm³/mol. The van der Waals surface area contributed by atoms with Crippen LogP contribution >= 0.6 is 31.9 Å². The van der Waals surface area contributed by atoms with E-state index in [9.17, 15) is 8.42 Å². The predicted octanol–water partition coefficient (Wildman–Crippen LogP) is 3.60. The number of hydrogen-bond donors (Lipinski definition) is 2. The van der Waals surface area contributed by atoms with E-state index in [0.717, 1.165) is 0 Å². The van der Waals surface area contributed by atoms with Gasteiger partial charge in [-0.05, 0) is 56.1 Å². The van der Waals surface area contributed by atoms with Crippen molar-refractivity contribution in [3.05, 3.63) is 45.3 Å². The number of ether oxygens (including phenoxy) is 1. The van der Waals surface area contributed by atoms with Gasteiger partial charge in [-0.3, -0.25) is 4.72 Å². The number of benzene rings is 2. The van der Waals surface area contributed by atoms with Gasteiger partial charge in [0.25, 0.3) is 10.0 Å². The molecule has 0 fully saturated rings. The molecule has 0 aromatic heterocycles. The maximum absolute atomic E-state index is 12.5. The van der Waals surface area contributed by atoms with Crippen LogP contribution in [0.15, 0.2) is 50.2 Å². The number of halogens is 2. The van der Waals surface area contributed by atoms with Crippen LogP contribution in [-0.2, 0) is 10.0 Å². The summed E-state index contributed by atoms with van der Waals surface area (Å²) in [5, 5.41) is 0. The van der Waals surface area contributed by atoms with E-state index in [1.54, 1.807) is 24.3 Å². The van der Waals surface area contributed by atoms with E-state index in [1.165, 1.54) is 19.2 Å². The molecule has 3 N–H and O–H groups in total. The van der Waals surface area contributed by atoms with Crippen LogP contribution in [0, 0.1) is 0 Å². The Morgan fingerprint density at radius 3 is 2.29 bits per heavy atom. The average Bonchev–Trinajstić information content (AvgIpc) is 2.42. The summed E-state index contributed by atoms with van der Waals surface area (Å²) in [4.78, 5) is -0.00838. The van der Waals surface area contributed by atoms with Gasteiger partial charge in [0.15, 0.2) is 0 Å². The van der Waals surface area contributed by atoms with Crippen LogP contribution in [0.3, 0.4) is 0 Å². The van der Waals surface area contributed by atoms with Gasteiger partial charge in [-0.1, -0.05) is 6.07 Å². The van der Waals surface area contributed by atoms with E-state index >= 15 is 0 Å². The van der Waals surface area contributed by atoms with Gasteiger partial charge >= 0.3 is 0 Å². The Hall–Kier alpha value is -1.25. The van der Waals surface area contributed by atoms with E-state index in [-0.39, 0.29) is 10.6 Å². The Labute approximate surface area is 139 Å². The minimum absolute atomic E-state index is 0.00838. The highest BCUT2D eigenvalue weighted by atomic mass is 79.9. The lowest BCUT2D eigenvalue weighted by Gasteiger charge is -2.13. The van der Waals surface area contributed by atoms with E-state index in [1.807, 2.05) is 0 Å². The molecule has 0 aliphatic carbocycles. The number of nitrogens with one attached hydrogen (secondary N) is 1. The molecule has 0 amide bonds. The molecular weight excluding hydrogens is 424 g/mol. The van der Waals surface area contributed by atoms with Crippen molar-refractivity contribution in [2.45, 2.75) is 4.90 Å². The molecule has 0 atom stereocenters. The minimum Gasteiger partial charge on any atom is -0.497 e. The Morgan fingerprint density at radius 2 is 1.76 bits per heavy atom. The number of para-hydroxylation sites is 1. The first kappa shape index (κ1) is 16.1. The number of nitrogen functional groups attached to an aromatic ring is 1. The lowest BCUT2D eigenvalue weighted by Crippen LogP contribution is -2.15. The first-order valence-corrected chi connectivity index (χ1v) is 8.82. The SMILES string of the molecule is COc1ccc(S(=O)(=O)Nc2c(Br)cccc2Br)c(N)c1. The standard InChI is InChI=1S/C13H12Br2N2O3S/c1-20-8-5-6-12(11(16)7-8)21(18,19)17-13-9(14)3-2-4-10(13)15/h2-7,17H,16H2,1H3. The summed E-state index contributed by atoms with van der Waals surface area (Å²) in [5.41, 5.74) is 6.32. The second-order valence-electron chi connectivity index (χ2n) is 4.11. The van der Waals surface area contributed by atoms with Crippen molar-refractivity contribution < 1.29 is 13.2 Å². The lowest BCUT2D eigenvalue weighted by atomic mass is 10.3.